The van der Waals surface area contributed by atoms with Gasteiger partial charge in [-0.2, -0.15) is 0 Å². The predicted octanol–water partition coefficient (Wildman–Crippen LogP) is 1.83. The van der Waals surface area contributed by atoms with Crippen molar-refractivity contribution in [2.24, 2.45) is 5.73 Å². The van der Waals surface area contributed by atoms with Gasteiger partial charge in [-0.3, -0.25) is 9.59 Å². The summed E-state index contributed by atoms with van der Waals surface area (Å²) in [5, 5.41) is 2.79. The minimum Gasteiger partial charge on any atom is -0.370 e. The molecule has 0 saturated carbocycles. The second kappa shape index (κ2) is 7.06. The Balaban J connectivity index is 2.28. The molecule has 0 aromatic heterocycles. The van der Waals surface area contributed by atoms with Crippen LogP contribution in [0.4, 0.5) is 0 Å². The molecule has 1 aromatic rings. The van der Waals surface area contributed by atoms with Gasteiger partial charge in [-0.25, -0.2) is 0 Å². The van der Waals surface area contributed by atoms with Crippen LogP contribution < -0.4 is 11.1 Å². The third-order valence-electron chi connectivity index (χ3n) is 2.22. The summed E-state index contributed by atoms with van der Waals surface area (Å²) >= 11 is 3.31. The Morgan fingerprint density at radius 3 is 2.71 bits per heavy atom. The van der Waals surface area contributed by atoms with Crippen LogP contribution in [0.25, 0.3) is 0 Å². The molecular formula is C12H15BrN2O2. The third kappa shape index (κ3) is 5.49. The fourth-order valence-electron chi connectivity index (χ4n) is 1.36. The highest BCUT2D eigenvalue weighted by atomic mass is 79.9. The molecule has 1 aromatic carbocycles. The summed E-state index contributed by atoms with van der Waals surface area (Å²) in [5.41, 5.74) is 5.63. The molecule has 5 heteroatoms. The van der Waals surface area contributed by atoms with Gasteiger partial charge in [0.15, 0.2) is 0 Å². The maximum atomic E-state index is 11.7. The molecule has 0 fully saturated rings. The first-order valence-corrected chi connectivity index (χ1v) is 6.21. The average Bonchev–Trinajstić information content (AvgIpc) is 2.28. The Morgan fingerprint density at radius 1 is 1.29 bits per heavy atom. The zero-order chi connectivity index (χ0) is 12.7. The van der Waals surface area contributed by atoms with E-state index in [0.717, 1.165) is 10.9 Å². The first kappa shape index (κ1) is 13.7. The van der Waals surface area contributed by atoms with Crippen LogP contribution in [0.1, 0.15) is 29.6 Å². The summed E-state index contributed by atoms with van der Waals surface area (Å²) in [5.74, 6) is -0.409. The third-order valence-corrected chi connectivity index (χ3v) is 2.72. The van der Waals surface area contributed by atoms with Crippen molar-refractivity contribution in [2.75, 3.05) is 6.54 Å². The van der Waals surface area contributed by atoms with E-state index in [1.165, 1.54) is 0 Å². The van der Waals surface area contributed by atoms with Crippen LogP contribution in [-0.2, 0) is 4.79 Å². The molecule has 4 nitrogen and oxygen atoms in total. The zero-order valence-corrected chi connectivity index (χ0v) is 11.0. The number of halogens is 1. The summed E-state index contributed by atoms with van der Waals surface area (Å²) < 4.78 is 0.874. The van der Waals surface area contributed by atoms with Crippen LogP contribution >= 0.6 is 15.9 Å². The normalized spacial score (nSPS) is 9.94. The highest BCUT2D eigenvalue weighted by Gasteiger charge is 2.04. The van der Waals surface area contributed by atoms with Gasteiger partial charge < -0.3 is 11.1 Å². The Labute approximate surface area is 109 Å². The average molecular weight is 299 g/mol. The molecule has 0 bridgehead atoms. The van der Waals surface area contributed by atoms with Crippen molar-refractivity contribution in [1.82, 2.24) is 5.32 Å². The number of amides is 2. The molecule has 0 spiro atoms. The SMILES string of the molecule is NC(=O)CCCCNC(=O)c1cccc(Br)c1. The van der Waals surface area contributed by atoms with Crippen molar-refractivity contribution in [1.29, 1.82) is 0 Å². The highest BCUT2D eigenvalue weighted by Crippen LogP contribution is 2.11. The Morgan fingerprint density at radius 2 is 2.06 bits per heavy atom. The van der Waals surface area contributed by atoms with E-state index < -0.39 is 0 Å². The molecular weight excluding hydrogens is 284 g/mol. The van der Waals surface area contributed by atoms with Crippen molar-refractivity contribution >= 4 is 27.7 Å². The first-order chi connectivity index (χ1) is 8.09. The van der Waals surface area contributed by atoms with Crippen LogP contribution in [0, 0.1) is 0 Å². The van der Waals surface area contributed by atoms with Gasteiger partial charge in [-0.15, -0.1) is 0 Å². The number of unbranched alkanes of at least 4 members (excludes halogenated alkanes) is 1. The second-order valence-electron chi connectivity index (χ2n) is 3.69. The highest BCUT2D eigenvalue weighted by molar-refractivity contribution is 9.10. The fraction of sp³-hybridized carbons (Fsp3) is 0.333. The van der Waals surface area contributed by atoms with Crippen molar-refractivity contribution in [3.63, 3.8) is 0 Å². The molecule has 0 heterocycles. The van der Waals surface area contributed by atoms with E-state index >= 15 is 0 Å². The van der Waals surface area contributed by atoms with Crippen LogP contribution in [0.3, 0.4) is 0 Å². The number of carbonyl (C=O) groups excluding carboxylic acids is 2. The van der Waals surface area contributed by atoms with E-state index in [2.05, 4.69) is 21.2 Å². The van der Waals surface area contributed by atoms with Crippen molar-refractivity contribution in [2.45, 2.75) is 19.3 Å². The van der Waals surface area contributed by atoms with Crippen molar-refractivity contribution in [3.8, 4) is 0 Å². The van der Waals surface area contributed by atoms with Gasteiger partial charge in [0.25, 0.3) is 5.91 Å². The van der Waals surface area contributed by atoms with Gasteiger partial charge in [0.05, 0.1) is 0 Å². The van der Waals surface area contributed by atoms with Gasteiger partial charge in [-0.05, 0) is 31.0 Å². The van der Waals surface area contributed by atoms with Gasteiger partial charge in [0.2, 0.25) is 5.91 Å². The van der Waals surface area contributed by atoms with Crippen molar-refractivity contribution < 1.29 is 9.59 Å². The van der Waals surface area contributed by atoms with E-state index in [4.69, 9.17) is 5.73 Å². The number of carbonyl (C=O) groups is 2. The molecule has 0 saturated heterocycles. The summed E-state index contributed by atoms with van der Waals surface area (Å²) in [6.07, 6.45) is 1.82. The van der Waals surface area contributed by atoms with E-state index in [9.17, 15) is 9.59 Å². The molecule has 92 valence electrons. The largest absolute Gasteiger partial charge is 0.370 e. The molecule has 2 amide bonds. The summed E-state index contributed by atoms with van der Waals surface area (Å²) in [6.45, 7) is 0.554. The monoisotopic (exact) mass is 298 g/mol. The van der Waals surface area contributed by atoms with E-state index in [1.54, 1.807) is 12.1 Å². The second-order valence-corrected chi connectivity index (χ2v) is 4.61. The maximum Gasteiger partial charge on any atom is 0.251 e. The number of hydrogen-bond acceptors (Lipinski definition) is 2. The van der Waals surface area contributed by atoms with E-state index in [-0.39, 0.29) is 11.8 Å². The predicted molar refractivity (Wildman–Crippen MR) is 69.5 cm³/mol. The minimum absolute atomic E-state index is 0.106. The lowest BCUT2D eigenvalue weighted by Crippen LogP contribution is -2.24. The molecule has 17 heavy (non-hydrogen) atoms. The van der Waals surface area contributed by atoms with Crippen LogP contribution in [-0.4, -0.2) is 18.4 Å². The lowest BCUT2D eigenvalue weighted by molar-refractivity contribution is -0.118. The number of nitrogens with one attached hydrogen (secondary N) is 1. The summed E-state index contributed by atoms with van der Waals surface area (Å²) in [6, 6.07) is 7.19. The van der Waals surface area contributed by atoms with Gasteiger partial charge in [0.1, 0.15) is 0 Å². The Hall–Kier alpha value is -1.36. The number of nitrogens with two attached hydrogens (primary N) is 1. The first-order valence-electron chi connectivity index (χ1n) is 5.41. The quantitative estimate of drug-likeness (QED) is 0.787. The van der Waals surface area contributed by atoms with E-state index in [0.29, 0.717) is 24.9 Å². The smallest absolute Gasteiger partial charge is 0.251 e. The molecule has 1 rings (SSSR count). The topological polar surface area (TPSA) is 72.2 Å². The van der Waals surface area contributed by atoms with E-state index in [1.807, 2.05) is 12.1 Å². The lowest BCUT2D eigenvalue weighted by atomic mass is 10.2. The molecule has 0 aliphatic carbocycles. The molecule has 0 unspecified atom stereocenters. The van der Waals surface area contributed by atoms with Crippen LogP contribution in [0.15, 0.2) is 28.7 Å². The van der Waals surface area contributed by atoms with Gasteiger partial charge in [-0.1, -0.05) is 22.0 Å². The maximum absolute atomic E-state index is 11.7. The number of benzene rings is 1. The number of hydrogen-bond donors (Lipinski definition) is 2. The van der Waals surface area contributed by atoms with Gasteiger partial charge in [0, 0.05) is 23.0 Å². The Kier molecular flexibility index (Phi) is 5.69. The fourth-order valence-corrected chi connectivity index (χ4v) is 1.76. The lowest BCUT2D eigenvalue weighted by Gasteiger charge is -2.04. The molecule has 3 N–H and O–H groups in total. The molecule has 0 aliphatic rings. The van der Waals surface area contributed by atoms with Crippen LogP contribution in [0.2, 0.25) is 0 Å². The van der Waals surface area contributed by atoms with Crippen molar-refractivity contribution in [3.05, 3.63) is 34.3 Å². The standard InChI is InChI=1S/C12H15BrN2O2/c13-10-5-3-4-9(8-10)12(17)15-7-2-1-6-11(14)16/h3-5,8H,1-2,6-7H2,(H2,14,16)(H,15,17). The summed E-state index contributed by atoms with van der Waals surface area (Å²) in [7, 11) is 0. The molecule has 0 atom stereocenters. The molecule has 0 aliphatic heterocycles. The Bertz CT molecular complexity index is 407. The molecule has 0 radical (unpaired) electrons. The van der Waals surface area contributed by atoms with Gasteiger partial charge >= 0.3 is 0 Å². The number of primary amides is 1. The summed E-state index contributed by atoms with van der Waals surface area (Å²) in [4.78, 5) is 22.2. The minimum atomic E-state index is -0.302. The zero-order valence-electron chi connectivity index (χ0n) is 9.41. The van der Waals surface area contributed by atoms with Crippen LogP contribution in [0.5, 0.6) is 0 Å². The number of rotatable bonds is 6.